The van der Waals surface area contributed by atoms with Gasteiger partial charge in [-0.3, -0.25) is 14.3 Å². The first kappa shape index (κ1) is 11.6. The fourth-order valence-corrected chi connectivity index (χ4v) is 1.58. The molecule has 0 aliphatic carbocycles. The first-order chi connectivity index (χ1) is 7.99. The Morgan fingerprint density at radius 2 is 1.94 bits per heavy atom. The van der Waals surface area contributed by atoms with E-state index in [-0.39, 0.29) is 4.77 Å². The van der Waals surface area contributed by atoms with Gasteiger partial charge in [-0.2, -0.15) is 0 Å². The number of benzene rings is 1. The SMILES string of the molecule is O=c1ccn(-c2cc(F)cc(F)c2F)c(=S)[nH]1. The number of hydrogen-bond acceptors (Lipinski definition) is 2. The average molecular weight is 258 g/mol. The van der Waals surface area contributed by atoms with Gasteiger partial charge in [0.15, 0.2) is 16.4 Å². The van der Waals surface area contributed by atoms with Crippen molar-refractivity contribution in [2.24, 2.45) is 0 Å². The summed E-state index contributed by atoms with van der Waals surface area (Å²) in [7, 11) is 0. The minimum absolute atomic E-state index is 0.151. The fourth-order valence-electron chi connectivity index (χ4n) is 1.32. The number of aromatic nitrogens is 2. The molecule has 0 fully saturated rings. The van der Waals surface area contributed by atoms with Crippen LogP contribution in [0.25, 0.3) is 5.69 Å². The summed E-state index contributed by atoms with van der Waals surface area (Å²) in [4.78, 5) is 13.1. The van der Waals surface area contributed by atoms with Crippen molar-refractivity contribution in [3.63, 3.8) is 0 Å². The predicted octanol–water partition coefficient (Wildman–Crippen LogP) is 2.31. The van der Waals surface area contributed by atoms with E-state index < -0.39 is 28.7 Å². The number of H-pyrrole nitrogens is 1. The summed E-state index contributed by atoms with van der Waals surface area (Å²) in [5, 5.41) is 0. The summed E-state index contributed by atoms with van der Waals surface area (Å²) < 4.78 is 40.2. The minimum Gasteiger partial charge on any atom is -0.299 e. The maximum atomic E-state index is 13.4. The van der Waals surface area contributed by atoms with Crippen molar-refractivity contribution in [1.82, 2.24) is 9.55 Å². The van der Waals surface area contributed by atoms with Crippen LogP contribution in [0.3, 0.4) is 0 Å². The summed E-state index contributed by atoms with van der Waals surface area (Å²) in [5.74, 6) is -3.50. The van der Waals surface area contributed by atoms with Crippen molar-refractivity contribution in [2.75, 3.05) is 0 Å². The molecule has 1 aromatic carbocycles. The van der Waals surface area contributed by atoms with Crippen LogP contribution >= 0.6 is 12.2 Å². The summed E-state index contributed by atoms with van der Waals surface area (Å²) in [6.07, 6.45) is 1.14. The molecule has 2 rings (SSSR count). The van der Waals surface area contributed by atoms with Gasteiger partial charge in [0.25, 0.3) is 5.56 Å². The van der Waals surface area contributed by atoms with E-state index in [1.807, 2.05) is 0 Å². The molecule has 0 radical (unpaired) electrons. The van der Waals surface area contributed by atoms with Gasteiger partial charge in [0, 0.05) is 24.4 Å². The van der Waals surface area contributed by atoms with Crippen molar-refractivity contribution in [3.8, 4) is 5.69 Å². The lowest BCUT2D eigenvalue weighted by molar-refractivity contribution is 0.489. The highest BCUT2D eigenvalue weighted by Crippen LogP contribution is 2.17. The van der Waals surface area contributed by atoms with Crippen LogP contribution in [0.15, 0.2) is 29.2 Å². The van der Waals surface area contributed by atoms with Gasteiger partial charge < -0.3 is 0 Å². The molecule has 0 bridgehead atoms. The van der Waals surface area contributed by atoms with E-state index >= 15 is 0 Å². The molecular weight excluding hydrogens is 253 g/mol. The van der Waals surface area contributed by atoms with Gasteiger partial charge in [0.05, 0.1) is 5.69 Å². The highest BCUT2D eigenvalue weighted by Gasteiger charge is 2.12. The molecule has 7 heteroatoms. The average Bonchev–Trinajstić information content (AvgIpc) is 2.24. The van der Waals surface area contributed by atoms with Gasteiger partial charge in [0.1, 0.15) is 5.82 Å². The van der Waals surface area contributed by atoms with Crippen molar-refractivity contribution < 1.29 is 13.2 Å². The van der Waals surface area contributed by atoms with Crippen LogP contribution in [0.5, 0.6) is 0 Å². The van der Waals surface area contributed by atoms with E-state index in [9.17, 15) is 18.0 Å². The molecule has 0 amide bonds. The molecule has 0 atom stereocenters. The van der Waals surface area contributed by atoms with Crippen molar-refractivity contribution >= 4 is 12.2 Å². The number of nitrogens with one attached hydrogen (secondary N) is 1. The molecule has 0 aliphatic heterocycles. The molecule has 0 unspecified atom stereocenters. The molecule has 1 heterocycles. The zero-order valence-electron chi connectivity index (χ0n) is 8.21. The highest BCUT2D eigenvalue weighted by atomic mass is 32.1. The predicted molar refractivity (Wildman–Crippen MR) is 57.1 cm³/mol. The third kappa shape index (κ3) is 2.14. The second-order valence-electron chi connectivity index (χ2n) is 3.20. The Morgan fingerprint density at radius 3 is 2.59 bits per heavy atom. The molecule has 1 aromatic heterocycles. The maximum absolute atomic E-state index is 13.4. The van der Waals surface area contributed by atoms with Gasteiger partial charge >= 0.3 is 0 Å². The third-order valence-corrected chi connectivity index (χ3v) is 2.36. The van der Waals surface area contributed by atoms with E-state index in [0.717, 1.165) is 22.9 Å². The number of aromatic amines is 1. The van der Waals surface area contributed by atoms with Crippen molar-refractivity contribution in [2.45, 2.75) is 0 Å². The molecule has 1 N–H and O–H groups in total. The smallest absolute Gasteiger partial charge is 0.251 e. The standard InChI is InChI=1S/C10H5F3N2OS/c11-5-3-6(12)9(13)7(4-5)15-2-1-8(16)14-10(15)17/h1-4H,(H,14,16,17). The van der Waals surface area contributed by atoms with Crippen molar-refractivity contribution in [3.05, 3.63) is 57.0 Å². The van der Waals surface area contributed by atoms with Crippen LogP contribution in [0.4, 0.5) is 13.2 Å². The quantitative estimate of drug-likeness (QED) is 0.629. The molecular formula is C10H5F3N2OS. The van der Waals surface area contributed by atoms with E-state index in [0.29, 0.717) is 6.07 Å². The van der Waals surface area contributed by atoms with Gasteiger partial charge in [-0.1, -0.05) is 0 Å². The molecule has 0 spiro atoms. The van der Waals surface area contributed by atoms with Crippen LogP contribution in [0.2, 0.25) is 0 Å². The lowest BCUT2D eigenvalue weighted by Gasteiger charge is -2.07. The lowest BCUT2D eigenvalue weighted by Crippen LogP contribution is -2.11. The Kier molecular flexibility index (Phi) is 2.84. The fraction of sp³-hybridized carbons (Fsp3) is 0. The highest BCUT2D eigenvalue weighted by molar-refractivity contribution is 7.71. The Morgan fingerprint density at radius 1 is 1.24 bits per heavy atom. The van der Waals surface area contributed by atoms with Crippen LogP contribution in [0, 0.1) is 22.2 Å². The second kappa shape index (κ2) is 4.17. The molecule has 88 valence electrons. The van der Waals surface area contributed by atoms with Gasteiger partial charge in [0.2, 0.25) is 0 Å². The van der Waals surface area contributed by atoms with Crippen LogP contribution < -0.4 is 5.56 Å². The summed E-state index contributed by atoms with van der Waals surface area (Å²) in [5.41, 5.74) is -0.882. The first-order valence-corrected chi connectivity index (χ1v) is 4.87. The second-order valence-corrected chi connectivity index (χ2v) is 3.59. The van der Waals surface area contributed by atoms with Gasteiger partial charge in [-0.25, -0.2) is 13.2 Å². The topological polar surface area (TPSA) is 37.8 Å². The normalized spacial score (nSPS) is 10.5. The van der Waals surface area contributed by atoms with E-state index in [1.54, 1.807) is 0 Å². The number of hydrogen-bond donors (Lipinski definition) is 1. The Labute approximate surface area is 98.2 Å². The number of halogens is 3. The molecule has 0 saturated heterocycles. The summed E-state index contributed by atoms with van der Waals surface area (Å²) in [6.45, 7) is 0. The third-order valence-electron chi connectivity index (χ3n) is 2.06. The van der Waals surface area contributed by atoms with Gasteiger partial charge in [-0.15, -0.1) is 0 Å². The van der Waals surface area contributed by atoms with Crippen LogP contribution in [0.1, 0.15) is 0 Å². The zero-order valence-corrected chi connectivity index (χ0v) is 9.02. The number of nitrogens with zero attached hydrogens (tertiary/aromatic N) is 1. The molecule has 0 aliphatic rings. The molecule has 17 heavy (non-hydrogen) atoms. The zero-order chi connectivity index (χ0) is 12.6. The summed E-state index contributed by atoms with van der Waals surface area (Å²) in [6, 6.07) is 2.28. The summed E-state index contributed by atoms with van der Waals surface area (Å²) >= 11 is 4.76. The maximum Gasteiger partial charge on any atom is 0.251 e. The van der Waals surface area contributed by atoms with E-state index in [4.69, 9.17) is 12.2 Å². The monoisotopic (exact) mass is 258 g/mol. The molecule has 2 aromatic rings. The Bertz CT molecular complexity index is 693. The molecule has 3 nitrogen and oxygen atoms in total. The Hall–Kier alpha value is -1.89. The van der Waals surface area contributed by atoms with E-state index in [1.165, 1.54) is 0 Å². The van der Waals surface area contributed by atoms with Crippen LogP contribution in [-0.2, 0) is 0 Å². The molecule has 0 saturated carbocycles. The largest absolute Gasteiger partial charge is 0.299 e. The minimum atomic E-state index is -1.33. The Balaban J connectivity index is 2.77. The van der Waals surface area contributed by atoms with Gasteiger partial charge in [-0.05, 0) is 12.2 Å². The lowest BCUT2D eigenvalue weighted by atomic mass is 10.3. The van der Waals surface area contributed by atoms with E-state index in [2.05, 4.69) is 4.98 Å². The van der Waals surface area contributed by atoms with Crippen molar-refractivity contribution in [1.29, 1.82) is 0 Å². The number of rotatable bonds is 1. The first-order valence-electron chi connectivity index (χ1n) is 4.46. The van der Waals surface area contributed by atoms with Crippen LogP contribution in [-0.4, -0.2) is 9.55 Å².